The van der Waals surface area contributed by atoms with Crippen molar-refractivity contribution in [1.29, 1.82) is 0 Å². The predicted molar refractivity (Wildman–Crippen MR) is 94.7 cm³/mol. The SMILES string of the molecule is CCc1nc(Cl)nc2c1N(C)C(=O)[C@H]1[C@H](c3ccc(F)cc3)CCN21. The number of halogens is 2. The number of aromatic nitrogens is 2. The fourth-order valence-corrected chi connectivity index (χ4v) is 4.13. The first-order chi connectivity index (χ1) is 12.0. The molecule has 1 saturated heterocycles. The molecule has 2 aliphatic rings. The van der Waals surface area contributed by atoms with E-state index in [0.717, 1.165) is 23.4 Å². The number of hydrogen-bond donors (Lipinski definition) is 0. The van der Waals surface area contributed by atoms with E-state index in [1.807, 2.05) is 11.8 Å². The zero-order valence-electron chi connectivity index (χ0n) is 14.0. The van der Waals surface area contributed by atoms with Crippen LogP contribution in [0.2, 0.25) is 5.28 Å². The lowest BCUT2D eigenvalue weighted by Gasteiger charge is -2.39. The number of fused-ring (bicyclic) bond motifs is 3. The van der Waals surface area contributed by atoms with E-state index in [1.54, 1.807) is 24.1 Å². The standard InChI is InChI=1S/C18H18ClFN4O/c1-3-13-15-16(22-18(19)21-13)24-9-8-12(14(24)17(25)23(15)2)10-4-6-11(20)7-5-10/h4-7,12,14H,3,8-9H2,1-2H3/t12-,14+/m0/s1. The predicted octanol–water partition coefficient (Wildman–Crippen LogP) is 3.17. The Morgan fingerprint density at radius 1 is 1.28 bits per heavy atom. The maximum atomic E-state index is 13.3. The Kier molecular flexibility index (Phi) is 3.87. The van der Waals surface area contributed by atoms with Crippen LogP contribution >= 0.6 is 11.6 Å². The average Bonchev–Trinajstić information content (AvgIpc) is 3.04. The molecule has 1 amide bonds. The molecule has 5 nitrogen and oxygen atoms in total. The second-order valence-corrected chi connectivity index (χ2v) is 6.79. The van der Waals surface area contributed by atoms with Gasteiger partial charge in [0, 0.05) is 19.5 Å². The maximum Gasteiger partial charge on any atom is 0.250 e. The molecule has 7 heteroatoms. The van der Waals surface area contributed by atoms with Gasteiger partial charge in [0.15, 0.2) is 5.82 Å². The minimum Gasteiger partial charge on any atom is -0.342 e. The molecule has 1 aromatic carbocycles. The van der Waals surface area contributed by atoms with E-state index in [1.165, 1.54) is 12.1 Å². The molecular formula is C18H18ClFN4O. The summed E-state index contributed by atoms with van der Waals surface area (Å²) in [6.07, 6.45) is 1.47. The minimum atomic E-state index is -0.348. The Morgan fingerprint density at radius 2 is 2.00 bits per heavy atom. The van der Waals surface area contributed by atoms with Gasteiger partial charge in [-0.1, -0.05) is 19.1 Å². The third kappa shape index (κ3) is 2.47. The first-order valence-electron chi connectivity index (χ1n) is 8.37. The number of carbonyl (C=O) groups is 1. The molecule has 0 saturated carbocycles. The number of carbonyl (C=O) groups excluding carboxylic acids is 1. The van der Waals surface area contributed by atoms with E-state index in [-0.39, 0.29) is 29.0 Å². The molecule has 25 heavy (non-hydrogen) atoms. The van der Waals surface area contributed by atoms with E-state index < -0.39 is 0 Å². The smallest absolute Gasteiger partial charge is 0.250 e. The van der Waals surface area contributed by atoms with Gasteiger partial charge >= 0.3 is 0 Å². The third-order valence-electron chi connectivity index (χ3n) is 5.13. The number of nitrogens with zero attached hydrogens (tertiary/aromatic N) is 4. The molecule has 2 aromatic rings. The van der Waals surface area contributed by atoms with Crippen LogP contribution in [0.1, 0.15) is 30.5 Å². The van der Waals surface area contributed by atoms with Crippen LogP contribution in [-0.2, 0) is 11.2 Å². The lowest BCUT2D eigenvalue weighted by Crippen LogP contribution is -2.51. The van der Waals surface area contributed by atoms with Gasteiger partial charge in [-0.25, -0.2) is 9.37 Å². The number of likely N-dealkylation sites (N-methyl/N-ethyl adjacent to an activating group) is 1. The summed E-state index contributed by atoms with van der Waals surface area (Å²) >= 11 is 6.11. The summed E-state index contributed by atoms with van der Waals surface area (Å²) < 4.78 is 13.3. The largest absolute Gasteiger partial charge is 0.342 e. The Bertz CT molecular complexity index is 842. The fraction of sp³-hybridized carbons (Fsp3) is 0.389. The zero-order valence-corrected chi connectivity index (χ0v) is 14.8. The normalized spacial score (nSPS) is 22.2. The van der Waals surface area contributed by atoms with Crippen LogP contribution in [0.25, 0.3) is 0 Å². The second-order valence-electron chi connectivity index (χ2n) is 6.45. The Labute approximate surface area is 150 Å². The van der Waals surface area contributed by atoms with Gasteiger partial charge in [-0.15, -0.1) is 0 Å². The van der Waals surface area contributed by atoms with Crippen molar-refractivity contribution in [2.24, 2.45) is 0 Å². The van der Waals surface area contributed by atoms with Gasteiger partial charge in [0.1, 0.15) is 17.5 Å². The van der Waals surface area contributed by atoms with Gasteiger partial charge in [-0.3, -0.25) is 4.79 Å². The molecule has 130 valence electrons. The van der Waals surface area contributed by atoms with Gasteiger partial charge in [0.2, 0.25) is 11.2 Å². The number of rotatable bonds is 2. The third-order valence-corrected chi connectivity index (χ3v) is 5.30. The highest BCUT2D eigenvalue weighted by Gasteiger charge is 2.47. The minimum absolute atomic E-state index is 0.00233. The van der Waals surface area contributed by atoms with Crippen LogP contribution in [-0.4, -0.2) is 35.5 Å². The quantitative estimate of drug-likeness (QED) is 0.772. The molecule has 2 atom stereocenters. The lowest BCUT2D eigenvalue weighted by molar-refractivity contribution is -0.120. The molecule has 3 heterocycles. The molecule has 4 rings (SSSR count). The van der Waals surface area contributed by atoms with E-state index >= 15 is 0 Å². The Morgan fingerprint density at radius 3 is 2.68 bits per heavy atom. The average molecular weight is 361 g/mol. The van der Waals surface area contributed by atoms with Crippen LogP contribution in [0.15, 0.2) is 24.3 Å². The van der Waals surface area contributed by atoms with Crippen molar-refractivity contribution in [3.8, 4) is 0 Å². The zero-order chi connectivity index (χ0) is 17.7. The summed E-state index contributed by atoms with van der Waals surface area (Å²) in [5.41, 5.74) is 2.48. The number of anilines is 2. The van der Waals surface area contributed by atoms with Gasteiger partial charge in [0.05, 0.1) is 5.69 Å². The summed E-state index contributed by atoms with van der Waals surface area (Å²) in [5, 5.41) is 0.197. The summed E-state index contributed by atoms with van der Waals surface area (Å²) in [5.74, 6) is 0.458. The molecule has 0 unspecified atom stereocenters. The van der Waals surface area contributed by atoms with Gasteiger partial charge in [-0.2, -0.15) is 4.98 Å². The molecule has 0 spiro atoms. The van der Waals surface area contributed by atoms with Crippen LogP contribution in [0.5, 0.6) is 0 Å². The number of amides is 1. The van der Waals surface area contributed by atoms with Crippen molar-refractivity contribution < 1.29 is 9.18 Å². The van der Waals surface area contributed by atoms with E-state index in [2.05, 4.69) is 9.97 Å². The van der Waals surface area contributed by atoms with E-state index in [0.29, 0.717) is 18.8 Å². The van der Waals surface area contributed by atoms with Crippen molar-refractivity contribution in [2.75, 3.05) is 23.4 Å². The molecule has 0 N–H and O–H groups in total. The van der Waals surface area contributed by atoms with Crippen molar-refractivity contribution >= 4 is 29.0 Å². The number of aryl methyl sites for hydroxylation is 1. The van der Waals surface area contributed by atoms with Crippen LogP contribution < -0.4 is 9.80 Å². The molecule has 0 aliphatic carbocycles. The first-order valence-corrected chi connectivity index (χ1v) is 8.75. The number of hydrogen-bond acceptors (Lipinski definition) is 4. The highest BCUT2D eigenvalue weighted by molar-refractivity contribution is 6.28. The topological polar surface area (TPSA) is 49.3 Å². The van der Waals surface area contributed by atoms with Crippen molar-refractivity contribution in [3.63, 3.8) is 0 Å². The van der Waals surface area contributed by atoms with Gasteiger partial charge in [0.25, 0.3) is 0 Å². The molecular weight excluding hydrogens is 343 g/mol. The summed E-state index contributed by atoms with van der Waals surface area (Å²) in [6, 6.07) is 6.06. The summed E-state index contributed by atoms with van der Waals surface area (Å²) in [7, 11) is 1.76. The van der Waals surface area contributed by atoms with Crippen molar-refractivity contribution in [3.05, 3.63) is 46.6 Å². The Hall–Kier alpha value is -2.21. The monoisotopic (exact) mass is 360 g/mol. The van der Waals surface area contributed by atoms with Crippen LogP contribution in [0.4, 0.5) is 15.9 Å². The van der Waals surface area contributed by atoms with E-state index in [9.17, 15) is 9.18 Å². The Balaban J connectivity index is 1.81. The van der Waals surface area contributed by atoms with Gasteiger partial charge in [-0.05, 0) is 42.1 Å². The number of benzene rings is 1. The highest BCUT2D eigenvalue weighted by Crippen LogP contribution is 2.45. The molecule has 1 aromatic heterocycles. The maximum absolute atomic E-state index is 13.3. The van der Waals surface area contributed by atoms with Crippen molar-refractivity contribution in [2.45, 2.75) is 31.7 Å². The molecule has 0 radical (unpaired) electrons. The van der Waals surface area contributed by atoms with Crippen molar-refractivity contribution in [1.82, 2.24) is 9.97 Å². The first kappa shape index (κ1) is 16.3. The van der Waals surface area contributed by atoms with E-state index in [4.69, 9.17) is 11.6 Å². The fourth-order valence-electron chi connectivity index (χ4n) is 3.95. The second kappa shape index (κ2) is 5.95. The molecule has 0 bridgehead atoms. The molecule has 2 aliphatic heterocycles. The molecule has 1 fully saturated rings. The van der Waals surface area contributed by atoms with Crippen LogP contribution in [0.3, 0.4) is 0 Å². The van der Waals surface area contributed by atoms with Gasteiger partial charge < -0.3 is 9.80 Å². The summed E-state index contributed by atoms with van der Waals surface area (Å²) in [4.78, 5) is 25.5. The van der Waals surface area contributed by atoms with Crippen LogP contribution in [0, 0.1) is 5.82 Å². The lowest BCUT2D eigenvalue weighted by atomic mass is 9.90. The summed E-state index contributed by atoms with van der Waals surface area (Å²) in [6.45, 7) is 2.68. The highest BCUT2D eigenvalue weighted by atomic mass is 35.5.